The minimum atomic E-state index is -0.812. The summed E-state index contributed by atoms with van der Waals surface area (Å²) in [5, 5.41) is 11.2. The lowest BCUT2D eigenvalue weighted by molar-refractivity contribution is -0.137. The van der Waals surface area contributed by atoms with E-state index >= 15 is 0 Å². The van der Waals surface area contributed by atoms with Crippen molar-refractivity contribution in [1.29, 1.82) is 0 Å². The molecule has 6 nitrogen and oxygen atoms in total. The zero-order valence-electron chi connectivity index (χ0n) is 11.2. The number of carboxylic acid groups (broad SMARTS) is 1. The Kier molecular flexibility index (Phi) is 8.16. The van der Waals surface area contributed by atoms with E-state index in [1.54, 1.807) is 0 Å². The van der Waals surface area contributed by atoms with Gasteiger partial charge in [0, 0.05) is 32.6 Å². The van der Waals surface area contributed by atoms with Crippen molar-refractivity contribution in [1.82, 2.24) is 5.32 Å². The number of unbranched alkanes of at least 4 members (excludes halogenated alkanes) is 1. The van der Waals surface area contributed by atoms with Crippen molar-refractivity contribution < 1.29 is 24.2 Å². The fourth-order valence-electron chi connectivity index (χ4n) is 1.84. The molecule has 1 unspecified atom stereocenters. The number of aliphatic carboxylic acids is 1. The monoisotopic (exact) mass is 273 g/mol. The molecule has 0 aliphatic carbocycles. The van der Waals surface area contributed by atoms with Crippen molar-refractivity contribution in [3.63, 3.8) is 0 Å². The molecule has 1 amide bonds. The first-order chi connectivity index (χ1) is 9.18. The van der Waals surface area contributed by atoms with E-state index in [4.69, 9.17) is 14.6 Å². The summed E-state index contributed by atoms with van der Waals surface area (Å²) in [4.78, 5) is 21.7. The number of carboxylic acids is 1. The Hall–Kier alpha value is -1.14. The summed E-state index contributed by atoms with van der Waals surface area (Å²) in [5.41, 5.74) is 0. The van der Waals surface area contributed by atoms with Crippen LogP contribution in [0.3, 0.4) is 0 Å². The Morgan fingerprint density at radius 1 is 1.26 bits per heavy atom. The normalized spacial score (nSPS) is 18.4. The highest BCUT2D eigenvalue weighted by Crippen LogP contribution is 2.07. The highest BCUT2D eigenvalue weighted by molar-refractivity contribution is 5.75. The van der Waals surface area contributed by atoms with E-state index in [9.17, 15) is 9.59 Å². The summed E-state index contributed by atoms with van der Waals surface area (Å²) in [5.74, 6) is -0.831. The van der Waals surface area contributed by atoms with Crippen molar-refractivity contribution in [2.24, 2.45) is 0 Å². The van der Waals surface area contributed by atoms with Gasteiger partial charge in [0.05, 0.1) is 12.7 Å². The third-order valence-electron chi connectivity index (χ3n) is 2.93. The van der Waals surface area contributed by atoms with E-state index in [1.807, 2.05) is 0 Å². The molecule has 6 heteroatoms. The van der Waals surface area contributed by atoms with E-state index in [0.717, 1.165) is 19.4 Å². The first-order valence-electron chi connectivity index (χ1n) is 6.86. The van der Waals surface area contributed by atoms with Crippen molar-refractivity contribution in [3.05, 3.63) is 0 Å². The first-order valence-corrected chi connectivity index (χ1v) is 6.86. The van der Waals surface area contributed by atoms with Gasteiger partial charge in [0.15, 0.2) is 0 Å². The van der Waals surface area contributed by atoms with Crippen LogP contribution in [0, 0.1) is 0 Å². The van der Waals surface area contributed by atoms with Crippen LogP contribution in [0.2, 0.25) is 0 Å². The molecule has 0 radical (unpaired) electrons. The summed E-state index contributed by atoms with van der Waals surface area (Å²) in [6.07, 6.45) is 3.65. The molecule has 0 aromatic heterocycles. The molecular weight excluding hydrogens is 250 g/mol. The summed E-state index contributed by atoms with van der Waals surface area (Å²) >= 11 is 0. The highest BCUT2D eigenvalue weighted by Gasteiger charge is 2.15. The van der Waals surface area contributed by atoms with Gasteiger partial charge in [-0.2, -0.15) is 0 Å². The molecule has 0 aromatic carbocycles. The number of hydrogen-bond acceptors (Lipinski definition) is 4. The fraction of sp³-hybridized carbons (Fsp3) is 0.846. The molecule has 0 spiro atoms. The van der Waals surface area contributed by atoms with Gasteiger partial charge in [-0.25, -0.2) is 0 Å². The number of carbonyl (C=O) groups is 2. The second-order valence-electron chi connectivity index (χ2n) is 4.66. The van der Waals surface area contributed by atoms with Crippen molar-refractivity contribution in [2.45, 2.75) is 44.6 Å². The Labute approximate surface area is 113 Å². The number of amides is 1. The molecule has 19 heavy (non-hydrogen) atoms. The van der Waals surface area contributed by atoms with Gasteiger partial charge in [-0.1, -0.05) is 0 Å². The summed E-state index contributed by atoms with van der Waals surface area (Å²) < 4.78 is 10.8. The maximum Gasteiger partial charge on any atom is 0.303 e. The summed E-state index contributed by atoms with van der Waals surface area (Å²) in [6.45, 7) is 2.69. The van der Waals surface area contributed by atoms with Gasteiger partial charge in [-0.15, -0.1) is 0 Å². The first kappa shape index (κ1) is 15.9. The van der Waals surface area contributed by atoms with Gasteiger partial charge >= 0.3 is 5.97 Å². The van der Waals surface area contributed by atoms with Crippen LogP contribution in [0.1, 0.15) is 38.5 Å². The van der Waals surface area contributed by atoms with Crippen LogP contribution in [0.25, 0.3) is 0 Å². The molecule has 1 atom stereocenters. The zero-order chi connectivity index (χ0) is 13.9. The van der Waals surface area contributed by atoms with Crippen molar-refractivity contribution in [3.8, 4) is 0 Å². The van der Waals surface area contributed by atoms with E-state index in [1.165, 1.54) is 0 Å². The Morgan fingerprint density at radius 2 is 2.05 bits per heavy atom. The van der Waals surface area contributed by atoms with E-state index < -0.39 is 5.97 Å². The van der Waals surface area contributed by atoms with Gasteiger partial charge in [0.1, 0.15) is 0 Å². The average molecular weight is 273 g/mol. The highest BCUT2D eigenvalue weighted by atomic mass is 16.5. The number of hydrogen-bond donors (Lipinski definition) is 2. The van der Waals surface area contributed by atoms with E-state index in [2.05, 4.69) is 5.32 Å². The van der Waals surface area contributed by atoms with Crippen LogP contribution >= 0.6 is 0 Å². The number of nitrogens with one attached hydrogen (secondary N) is 1. The van der Waals surface area contributed by atoms with Gasteiger partial charge < -0.3 is 19.9 Å². The minimum Gasteiger partial charge on any atom is -0.481 e. The third-order valence-corrected chi connectivity index (χ3v) is 2.93. The fourth-order valence-corrected chi connectivity index (χ4v) is 1.84. The zero-order valence-corrected chi connectivity index (χ0v) is 11.2. The lowest BCUT2D eigenvalue weighted by atomic mass is 10.2. The van der Waals surface area contributed by atoms with Crippen LogP contribution < -0.4 is 5.32 Å². The van der Waals surface area contributed by atoms with Gasteiger partial charge in [-0.3, -0.25) is 9.59 Å². The van der Waals surface area contributed by atoms with E-state index in [-0.39, 0.29) is 18.4 Å². The quantitative estimate of drug-likeness (QED) is 0.579. The largest absolute Gasteiger partial charge is 0.481 e. The second kappa shape index (κ2) is 9.75. The molecule has 0 saturated carbocycles. The summed E-state index contributed by atoms with van der Waals surface area (Å²) in [6, 6.07) is 0. The summed E-state index contributed by atoms with van der Waals surface area (Å²) in [7, 11) is 0. The third kappa shape index (κ3) is 8.56. The van der Waals surface area contributed by atoms with Crippen molar-refractivity contribution >= 4 is 11.9 Å². The van der Waals surface area contributed by atoms with Crippen LogP contribution in [-0.2, 0) is 19.1 Å². The van der Waals surface area contributed by atoms with Crippen LogP contribution in [0.4, 0.5) is 0 Å². The van der Waals surface area contributed by atoms with Gasteiger partial charge in [-0.05, 0) is 25.7 Å². The molecule has 0 aromatic rings. The Bertz CT molecular complexity index is 276. The van der Waals surface area contributed by atoms with Crippen molar-refractivity contribution in [2.75, 3.05) is 26.4 Å². The molecule has 1 rings (SSSR count). The molecule has 110 valence electrons. The standard InChI is InChI=1S/C13H23NO5/c15-12(4-1-2-5-13(16)17)14-7-3-8-19-11-6-9-18-10-11/h11H,1-10H2,(H,14,15)(H,16,17). The SMILES string of the molecule is O=C(O)CCCCC(=O)NCCCOC1CCOC1. The predicted molar refractivity (Wildman–Crippen MR) is 68.9 cm³/mol. The molecular formula is C13H23NO5. The molecule has 1 fully saturated rings. The molecule has 2 N–H and O–H groups in total. The minimum absolute atomic E-state index is 0.0189. The van der Waals surface area contributed by atoms with Crippen LogP contribution in [0.15, 0.2) is 0 Å². The molecule has 0 bridgehead atoms. The molecule has 1 saturated heterocycles. The lowest BCUT2D eigenvalue weighted by Crippen LogP contribution is -2.25. The number of rotatable bonds is 10. The predicted octanol–water partition coefficient (Wildman–Crippen LogP) is 0.943. The maximum atomic E-state index is 11.4. The average Bonchev–Trinajstić information content (AvgIpc) is 2.87. The lowest BCUT2D eigenvalue weighted by Gasteiger charge is -2.10. The Balaban J connectivity index is 1.85. The maximum absolute atomic E-state index is 11.4. The smallest absolute Gasteiger partial charge is 0.303 e. The van der Waals surface area contributed by atoms with Crippen LogP contribution in [-0.4, -0.2) is 49.5 Å². The van der Waals surface area contributed by atoms with Crippen LogP contribution in [0.5, 0.6) is 0 Å². The molecule has 1 aliphatic rings. The molecule has 1 heterocycles. The number of carbonyl (C=O) groups excluding carboxylic acids is 1. The Morgan fingerprint density at radius 3 is 2.74 bits per heavy atom. The number of ether oxygens (including phenoxy) is 2. The van der Waals surface area contributed by atoms with E-state index in [0.29, 0.717) is 39.0 Å². The topological polar surface area (TPSA) is 84.9 Å². The molecule has 1 aliphatic heterocycles. The van der Waals surface area contributed by atoms with Gasteiger partial charge in [0.25, 0.3) is 0 Å². The second-order valence-corrected chi connectivity index (χ2v) is 4.66. The van der Waals surface area contributed by atoms with Gasteiger partial charge in [0.2, 0.25) is 5.91 Å².